The average molecular weight is 341 g/mol. The van der Waals surface area contributed by atoms with Crippen molar-refractivity contribution in [3.05, 3.63) is 69.9 Å². The van der Waals surface area contributed by atoms with E-state index in [0.29, 0.717) is 20.4 Å². The minimum Gasteiger partial charge on any atom is -0.287 e. The maximum Gasteiger partial charge on any atom is 0.208 e. The van der Waals surface area contributed by atoms with Gasteiger partial charge in [-0.05, 0) is 30.3 Å². The molecule has 4 heterocycles. The zero-order valence-corrected chi connectivity index (χ0v) is 13.3. The quantitative estimate of drug-likeness (QED) is 0.533. The molecule has 4 aromatic heterocycles. The molecule has 0 fully saturated rings. The Bertz CT molecular complexity index is 1010. The highest BCUT2D eigenvalue weighted by molar-refractivity contribution is 7.18. The molecule has 112 valence electrons. The van der Waals surface area contributed by atoms with E-state index >= 15 is 0 Å². The molecular weight excluding hydrogens is 332 g/mol. The molecule has 0 atom stereocenters. The number of hydrogen-bond acceptors (Lipinski definition) is 5. The lowest BCUT2D eigenvalue weighted by Crippen LogP contribution is -2.01. The van der Waals surface area contributed by atoms with Gasteiger partial charge in [-0.2, -0.15) is 5.10 Å². The van der Waals surface area contributed by atoms with Gasteiger partial charge >= 0.3 is 0 Å². The normalized spacial score (nSPS) is 11.0. The van der Waals surface area contributed by atoms with Crippen molar-refractivity contribution in [1.29, 1.82) is 0 Å². The van der Waals surface area contributed by atoms with Crippen molar-refractivity contribution in [2.24, 2.45) is 0 Å². The second-order valence-electron chi connectivity index (χ2n) is 4.80. The van der Waals surface area contributed by atoms with E-state index in [9.17, 15) is 4.79 Å². The van der Waals surface area contributed by atoms with Crippen LogP contribution in [0.4, 0.5) is 0 Å². The SMILES string of the molecule is O=C(c1ccc(Cl)s1)c1cnn2c(-c3cccnc3)ccnc12. The Kier molecular flexibility index (Phi) is 3.40. The molecule has 0 N–H and O–H groups in total. The number of thiophene rings is 1. The van der Waals surface area contributed by atoms with Crippen molar-refractivity contribution >= 4 is 34.4 Å². The van der Waals surface area contributed by atoms with E-state index in [1.807, 2.05) is 18.2 Å². The lowest BCUT2D eigenvalue weighted by Gasteiger charge is -2.04. The molecule has 0 aliphatic rings. The molecule has 23 heavy (non-hydrogen) atoms. The molecule has 4 rings (SSSR count). The summed E-state index contributed by atoms with van der Waals surface area (Å²) in [6, 6.07) is 9.05. The fourth-order valence-corrected chi connectivity index (χ4v) is 3.35. The minimum atomic E-state index is -0.132. The molecule has 7 heteroatoms. The van der Waals surface area contributed by atoms with Gasteiger partial charge in [-0.25, -0.2) is 9.50 Å². The van der Waals surface area contributed by atoms with Crippen LogP contribution in [0.25, 0.3) is 16.9 Å². The van der Waals surface area contributed by atoms with Crippen LogP contribution in [-0.2, 0) is 0 Å². The Hall–Kier alpha value is -2.57. The Morgan fingerprint density at radius 1 is 1.13 bits per heavy atom. The maximum atomic E-state index is 12.6. The summed E-state index contributed by atoms with van der Waals surface area (Å²) in [4.78, 5) is 21.6. The molecule has 0 unspecified atom stereocenters. The van der Waals surface area contributed by atoms with E-state index in [4.69, 9.17) is 11.6 Å². The predicted octanol–water partition coefficient (Wildman–Crippen LogP) is 3.74. The maximum absolute atomic E-state index is 12.6. The van der Waals surface area contributed by atoms with E-state index in [2.05, 4.69) is 15.1 Å². The number of aromatic nitrogens is 4. The Labute approximate surface area is 140 Å². The van der Waals surface area contributed by atoms with Crippen LogP contribution in [0, 0.1) is 0 Å². The zero-order valence-electron chi connectivity index (χ0n) is 11.7. The minimum absolute atomic E-state index is 0.132. The third kappa shape index (κ3) is 2.42. The lowest BCUT2D eigenvalue weighted by atomic mass is 10.2. The van der Waals surface area contributed by atoms with E-state index in [0.717, 1.165) is 11.3 Å². The summed E-state index contributed by atoms with van der Waals surface area (Å²) in [6.07, 6.45) is 6.66. The van der Waals surface area contributed by atoms with Gasteiger partial charge in [0.25, 0.3) is 0 Å². The number of hydrogen-bond donors (Lipinski definition) is 0. The van der Waals surface area contributed by atoms with Crippen LogP contribution in [0.3, 0.4) is 0 Å². The summed E-state index contributed by atoms with van der Waals surface area (Å²) in [6.45, 7) is 0. The third-order valence-electron chi connectivity index (χ3n) is 3.40. The van der Waals surface area contributed by atoms with Crippen molar-refractivity contribution < 1.29 is 4.79 Å². The number of nitrogens with zero attached hydrogens (tertiary/aromatic N) is 4. The molecular formula is C16H9ClN4OS. The topological polar surface area (TPSA) is 60.2 Å². The summed E-state index contributed by atoms with van der Waals surface area (Å²) < 4.78 is 2.23. The van der Waals surface area contributed by atoms with Crippen LogP contribution < -0.4 is 0 Å². The predicted molar refractivity (Wildman–Crippen MR) is 89.0 cm³/mol. The summed E-state index contributed by atoms with van der Waals surface area (Å²) >= 11 is 7.16. The number of pyridine rings is 1. The van der Waals surface area contributed by atoms with Crippen molar-refractivity contribution in [2.45, 2.75) is 0 Å². The van der Waals surface area contributed by atoms with Gasteiger partial charge in [0.1, 0.15) is 0 Å². The van der Waals surface area contributed by atoms with Gasteiger partial charge in [0.15, 0.2) is 5.65 Å². The first kappa shape index (κ1) is 14.0. The van der Waals surface area contributed by atoms with Crippen LogP contribution in [0.1, 0.15) is 15.2 Å². The van der Waals surface area contributed by atoms with E-state index in [1.165, 1.54) is 17.5 Å². The number of carbonyl (C=O) groups excluding carboxylic acids is 1. The standard InChI is InChI=1S/C16H9ClN4OS/c17-14-4-3-13(23-14)15(22)11-9-20-21-12(5-7-19-16(11)21)10-2-1-6-18-8-10/h1-9H. The third-order valence-corrected chi connectivity index (χ3v) is 4.63. The highest BCUT2D eigenvalue weighted by Gasteiger charge is 2.19. The Balaban J connectivity index is 1.87. The average Bonchev–Trinajstić information content (AvgIpc) is 3.21. The fraction of sp³-hybridized carbons (Fsp3) is 0. The largest absolute Gasteiger partial charge is 0.287 e. The van der Waals surface area contributed by atoms with Crippen LogP contribution in [0.5, 0.6) is 0 Å². The van der Waals surface area contributed by atoms with Crippen molar-refractivity contribution in [2.75, 3.05) is 0 Å². The summed E-state index contributed by atoms with van der Waals surface area (Å²) in [5.41, 5.74) is 2.70. The monoisotopic (exact) mass is 340 g/mol. The van der Waals surface area contributed by atoms with Crippen molar-refractivity contribution in [3.8, 4) is 11.3 Å². The van der Waals surface area contributed by atoms with E-state index in [-0.39, 0.29) is 5.78 Å². The number of rotatable bonds is 3. The number of carbonyl (C=O) groups is 1. The molecule has 0 amide bonds. The van der Waals surface area contributed by atoms with Gasteiger partial charge < -0.3 is 0 Å². The van der Waals surface area contributed by atoms with Crippen molar-refractivity contribution in [3.63, 3.8) is 0 Å². The molecule has 0 radical (unpaired) electrons. The molecule has 0 aliphatic heterocycles. The summed E-state index contributed by atoms with van der Waals surface area (Å²) in [5.74, 6) is -0.132. The first-order valence-corrected chi connectivity index (χ1v) is 7.96. The molecule has 5 nitrogen and oxygen atoms in total. The Morgan fingerprint density at radius 2 is 2.04 bits per heavy atom. The second-order valence-corrected chi connectivity index (χ2v) is 6.51. The first-order valence-electron chi connectivity index (χ1n) is 6.77. The van der Waals surface area contributed by atoms with Crippen LogP contribution in [-0.4, -0.2) is 25.4 Å². The fourth-order valence-electron chi connectivity index (χ4n) is 2.35. The number of fused-ring (bicyclic) bond motifs is 1. The molecule has 4 aromatic rings. The van der Waals surface area contributed by atoms with Crippen LogP contribution >= 0.6 is 22.9 Å². The molecule has 0 spiro atoms. The summed E-state index contributed by atoms with van der Waals surface area (Å²) in [5, 5.41) is 4.33. The van der Waals surface area contributed by atoms with Gasteiger partial charge in [0.2, 0.25) is 5.78 Å². The molecule has 0 aromatic carbocycles. The lowest BCUT2D eigenvalue weighted by molar-refractivity contribution is 0.104. The van der Waals surface area contributed by atoms with Crippen molar-refractivity contribution in [1.82, 2.24) is 19.6 Å². The molecule has 0 saturated heterocycles. The van der Waals surface area contributed by atoms with Crippen LogP contribution in [0.2, 0.25) is 4.34 Å². The van der Waals surface area contributed by atoms with Gasteiger partial charge in [-0.3, -0.25) is 9.78 Å². The molecule has 0 aliphatic carbocycles. The molecule has 0 bridgehead atoms. The molecule has 0 saturated carbocycles. The summed E-state index contributed by atoms with van der Waals surface area (Å²) in [7, 11) is 0. The van der Waals surface area contributed by atoms with Gasteiger partial charge in [-0.15, -0.1) is 11.3 Å². The van der Waals surface area contributed by atoms with E-state index < -0.39 is 0 Å². The van der Waals surface area contributed by atoms with Gasteiger partial charge in [0, 0.05) is 24.2 Å². The van der Waals surface area contributed by atoms with E-state index in [1.54, 1.807) is 35.2 Å². The van der Waals surface area contributed by atoms with Gasteiger partial charge in [0.05, 0.1) is 26.7 Å². The van der Waals surface area contributed by atoms with Gasteiger partial charge in [-0.1, -0.05) is 11.6 Å². The number of ketones is 1. The second kappa shape index (κ2) is 5.57. The highest BCUT2D eigenvalue weighted by atomic mass is 35.5. The Morgan fingerprint density at radius 3 is 2.78 bits per heavy atom. The highest BCUT2D eigenvalue weighted by Crippen LogP contribution is 2.26. The first-order chi connectivity index (χ1) is 11.2. The smallest absolute Gasteiger partial charge is 0.208 e. The van der Waals surface area contributed by atoms with Crippen LogP contribution in [0.15, 0.2) is 55.1 Å². The zero-order chi connectivity index (χ0) is 15.8. The number of halogens is 1.